The number of halogens is 3. The van der Waals surface area contributed by atoms with Crippen molar-refractivity contribution in [1.82, 2.24) is 14.6 Å². The van der Waals surface area contributed by atoms with Crippen molar-refractivity contribution in [3.05, 3.63) is 24.2 Å². The summed E-state index contributed by atoms with van der Waals surface area (Å²) < 4.78 is 1.62. The summed E-state index contributed by atoms with van der Waals surface area (Å²) in [6.45, 7) is 0.555. The summed E-state index contributed by atoms with van der Waals surface area (Å²) in [5, 5.41) is 4.12. The summed E-state index contributed by atoms with van der Waals surface area (Å²) in [5.41, 5.74) is 13.0. The van der Waals surface area contributed by atoms with Crippen molar-refractivity contribution in [3.63, 3.8) is 0 Å². The SMILES string of the molecule is Cl.Cl.Cl.NCCC#Cc1cnc2c(N)ccnn12. The highest BCUT2D eigenvalue weighted by Gasteiger charge is 2.03. The fourth-order valence-corrected chi connectivity index (χ4v) is 1.22. The van der Waals surface area contributed by atoms with E-state index in [2.05, 4.69) is 21.9 Å². The Hall–Kier alpha value is -1.19. The highest BCUT2D eigenvalue weighted by molar-refractivity contribution is 5.86. The van der Waals surface area contributed by atoms with Crippen molar-refractivity contribution in [2.75, 3.05) is 12.3 Å². The van der Waals surface area contributed by atoms with Gasteiger partial charge in [0.2, 0.25) is 0 Å². The molecule has 0 bridgehead atoms. The number of nitrogen functional groups attached to an aromatic ring is 1. The van der Waals surface area contributed by atoms with Gasteiger partial charge >= 0.3 is 0 Å². The number of hydrogen-bond acceptors (Lipinski definition) is 4. The molecule has 100 valence electrons. The minimum atomic E-state index is 0. The largest absolute Gasteiger partial charge is 0.396 e. The summed E-state index contributed by atoms with van der Waals surface area (Å²) in [6.07, 6.45) is 3.94. The van der Waals surface area contributed by atoms with E-state index in [4.69, 9.17) is 11.5 Å². The quantitative estimate of drug-likeness (QED) is 0.777. The van der Waals surface area contributed by atoms with E-state index < -0.39 is 0 Å². The van der Waals surface area contributed by atoms with Gasteiger partial charge in [-0.2, -0.15) is 5.10 Å². The molecule has 0 aliphatic rings. The Kier molecular flexibility index (Phi) is 9.40. The van der Waals surface area contributed by atoms with Crippen LogP contribution in [0.2, 0.25) is 0 Å². The van der Waals surface area contributed by atoms with Gasteiger partial charge in [-0.3, -0.25) is 0 Å². The minimum Gasteiger partial charge on any atom is -0.396 e. The molecule has 0 radical (unpaired) electrons. The van der Waals surface area contributed by atoms with Crippen LogP contribution in [0.4, 0.5) is 5.69 Å². The van der Waals surface area contributed by atoms with Gasteiger partial charge in [0.05, 0.1) is 18.1 Å². The number of imidazole rings is 1. The predicted molar refractivity (Wildman–Crippen MR) is 79.7 cm³/mol. The van der Waals surface area contributed by atoms with Gasteiger partial charge in [0.25, 0.3) is 0 Å². The molecular weight excluding hydrogens is 297 g/mol. The highest BCUT2D eigenvalue weighted by Crippen LogP contribution is 2.10. The van der Waals surface area contributed by atoms with Gasteiger partial charge in [-0.05, 0) is 12.0 Å². The van der Waals surface area contributed by atoms with E-state index in [1.165, 1.54) is 0 Å². The molecule has 0 saturated carbocycles. The Morgan fingerprint density at radius 3 is 2.67 bits per heavy atom. The minimum absolute atomic E-state index is 0. The van der Waals surface area contributed by atoms with Gasteiger partial charge in [0, 0.05) is 13.0 Å². The molecule has 0 aliphatic carbocycles. The first-order valence-electron chi connectivity index (χ1n) is 4.60. The second-order valence-electron chi connectivity index (χ2n) is 3.01. The monoisotopic (exact) mass is 309 g/mol. The van der Waals surface area contributed by atoms with Crippen LogP contribution in [0.3, 0.4) is 0 Å². The van der Waals surface area contributed by atoms with Crippen LogP contribution >= 0.6 is 37.2 Å². The number of rotatable bonds is 1. The van der Waals surface area contributed by atoms with Crippen LogP contribution in [0.25, 0.3) is 5.65 Å². The van der Waals surface area contributed by atoms with Crippen molar-refractivity contribution in [1.29, 1.82) is 0 Å². The normalized spacial score (nSPS) is 8.28. The number of nitrogens with zero attached hydrogens (tertiary/aromatic N) is 3. The third kappa shape index (κ3) is 3.93. The Morgan fingerprint density at radius 1 is 1.28 bits per heavy atom. The van der Waals surface area contributed by atoms with Crippen LogP contribution in [-0.4, -0.2) is 21.1 Å². The van der Waals surface area contributed by atoms with E-state index in [0.717, 1.165) is 5.69 Å². The molecular formula is C10H14Cl3N5. The van der Waals surface area contributed by atoms with E-state index in [1.54, 1.807) is 23.0 Å². The summed E-state index contributed by atoms with van der Waals surface area (Å²) in [7, 11) is 0. The number of fused-ring (bicyclic) bond motifs is 1. The van der Waals surface area contributed by atoms with Crippen LogP contribution in [-0.2, 0) is 0 Å². The lowest BCUT2D eigenvalue weighted by molar-refractivity contribution is 0.924. The van der Waals surface area contributed by atoms with Gasteiger partial charge < -0.3 is 11.5 Å². The third-order valence-electron chi connectivity index (χ3n) is 1.92. The fourth-order valence-electron chi connectivity index (χ4n) is 1.22. The van der Waals surface area contributed by atoms with Crippen molar-refractivity contribution < 1.29 is 0 Å². The molecule has 2 aromatic rings. The van der Waals surface area contributed by atoms with Crippen LogP contribution in [0.15, 0.2) is 18.5 Å². The molecule has 2 heterocycles. The Morgan fingerprint density at radius 2 is 2.00 bits per heavy atom. The molecule has 0 aromatic carbocycles. The summed E-state index contributed by atoms with van der Waals surface area (Å²) in [4.78, 5) is 4.14. The van der Waals surface area contributed by atoms with Crippen LogP contribution in [0, 0.1) is 11.8 Å². The standard InChI is InChI=1S/C10H11N5.3ClH/c11-5-2-1-3-8-7-13-10-9(12)4-6-14-15(8)10;;;/h4,6-7H,2,5,11-12H2;3*1H. The molecule has 4 N–H and O–H groups in total. The van der Waals surface area contributed by atoms with Crippen molar-refractivity contribution in [2.24, 2.45) is 5.73 Å². The molecule has 2 aromatic heterocycles. The maximum absolute atomic E-state index is 5.73. The molecule has 0 fully saturated rings. The van der Waals surface area contributed by atoms with Crippen LogP contribution in [0.1, 0.15) is 12.1 Å². The molecule has 8 heteroatoms. The number of aromatic nitrogens is 3. The average molecular weight is 311 g/mol. The van der Waals surface area contributed by atoms with E-state index in [-0.39, 0.29) is 37.2 Å². The van der Waals surface area contributed by atoms with E-state index in [1.807, 2.05) is 0 Å². The number of hydrogen-bond donors (Lipinski definition) is 2. The number of nitrogens with two attached hydrogens (primary N) is 2. The Balaban J connectivity index is 0. The Labute approximate surface area is 124 Å². The maximum atomic E-state index is 5.73. The first-order valence-corrected chi connectivity index (χ1v) is 4.60. The molecule has 0 spiro atoms. The van der Waals surface area contributed by atoms with Crippen LogP contribution in [0.5, 0.6) is 0 Å². The molecule has 0 unspecified atom stereocenters. The van der Waals surface area contributed by atoms with Crippen molar-refractivity contribution in [2.45, 2.75) is 6.42 Å². The smallest absolute Gasteiger partial charge is 0.178 e. The van der Waals surface area contributed by atoms with Gasteiger partial charge in [-0.1, -0.05) is 5.92 Å². The van der Waals surface area contributed by atoms with E-state index in [0.29, 0.717) is 24.3 Å². The predicted octanol–water partition coefficient (Wildman–Crippen LogP) is 1.28. The lowest BCUT2D eigenvalue weighted by Gasteiger charge is -1.95. The lowest BCUT2D eigenvalue weighted by atomic mass is 10.4. The summed E-state index contributed by atoms with van der Waals surface area (Å²) in [5.74, 6) is 5.88. The molecule has 0 aliphatic heterocycles. The second kappa shape index (κ2) is 8.84. The lowest BCUT2D eigenvalue weighted by Crippen LogP contribution is -1.98. The molecule has 0 atom stereocenters. The topological polar surface area (TPSA) is 82.2 Å². The maximum Gasteiger partial charge on any atom is 0.178 e. The van der Waals surface area contributed by atoms with Gasteiger partial charge in [-0.15, -0.1) is 37.2 Å². The molecule has 5 nitrogen and oxygen atoms in total. The third-order valence-corrected chi connectivity index (χ3v) is 1.92. The zero-order valence-corrected chi connectivity index (χ0v) is 11.8. The molecule has 18 heavy (non-hydrogen) atoms. The van der Waals surface area contributed by atoms with Crippen molar-refractivity contribution >= 4 is 48.6 Å². The zero-order valence-electron chi connectivity index (χ0n) is 9.37. The zero-order chi connectivity index (χ0) is 10.7. The van der Waals surface area contributed by atoms with Crippen molar-refractivity contribution in [3.8, 4) is 11.8 Å². The number of anilines is 1. The highest BCUT2D eigenvalue weighted by atomic mass is 35.5. The molecule has 0 amide bonds. The summed E-state index contributed by atoms with van der Waals surface area (Å²) in [6, 6.07) is 1.71. The van der Waals surface area contributed by atoms with Gasteiger partial charge in [0.15, 0.2) is 5.65 Å². The summed E-state index contributed by atoms with van der Waals surface area (Å²) >= 11 is 0. The first-order chi connectivity index (χ1) is 7.33. The first kappa shape index (κ1) is 19.2. The Bertz CT molecular complexity index is 543. The van der Waals surface area contributed by atoms with Gasteiger partial charge in [-0.25, -0.2) is 9.50 Å². The van der Waals surface area contributed by atoms with Gasteiger partial charge in [0.1, 0.15) is 5.69 Å². The molecule has 0 saturated heterocycles. The van der Waals surface area contributed by atoms with E-state index in [9.17, 15) is 0 Å². The van der Waals surface area contributed by atoms with Crippen LogP contribution < -0.4 is 11.5 Å². The second-order valence-corrected chi connectivity index (χ2v) is 3.01. The fraction of sp³-hybridized carbons (Fsp3) is 0.200. The van der Waals surface area contributed by atoms with E-state index >= 15 is 0 Å². The molecule has 2 rings (SSSR count). The average Bonchev–Trinajstić information content (AvgIpc) is 2.64.